The SMILES string of the molecule is CC(Oc1ccc2c(c1)CCCC2)C(=N)N. The largest absolute Gasteiger partial charge is 0.483 e. The number of fused-ring (bicyclic) bond motifs is 1. The molecule has 0 spiro atoms. The van der Waals surface area contributed by atoms with Crippen LogP contribution in [0.5, 0.6) is 5.75 Å². The normalized spacial score (nSPS) is 16.3. The van der Waals surface area contributed by atoms with Crippen molar-refractivity contribution in [1.29, 1.82) is 5.41 Å². The highest BCUT2D eigenvalue weighted by molar-refractivity contribution is 5.81. The topological polar surface area (TPSA) is 59.1 Å². The van der Waals surface area contributed by atoms with Crippen LogP contribution in [0.3, 0.4) is 0 Å². The number of amidine groups is 1. The molecular weight excluding hydrogens is 200 g/mol. The minimum atomic E-state index is -0.346. The summed E-state index contributed by atoms with van der Waals surface area (Å²) in [6.07, 6.45) is 4.52. The van der Waals surface area contributed by atoms with Gasteiger partial charge in [0.25, 0.3) is 0 Å². The Morgan fingerprint density at radius 2 is 2.00 bits per heavy atom. The van der Waals surface area contributed by atoms with E-state index in [1.54, 1.807) is 6.92 Å². The van der Waals surface area contributed by atoms with Crippen LogP contribution in [-0.4, -0.2) is 11.9 Å². The standard InChI is InChI=1S/C13H18N2O/c1-9(13(14)15)16-12-7-6-10-4-2-3-5-11(10)8-12/h6-9H,2-5H2,1H3,(H3,14,15). The summed E-state index contributed by atoms with van der Waals surface area (Å²) in [5.41, 5.74) is 8.21. The van der Waals surface area contributed by atoms with Crippen LogP contribution in [0.4, 0.5) is 0 Å². The van der Waals surface area contributed by atoms with Gasteiger partial charge in [-0.15, -0.1) is 0 Å². The van der Waals surface area contributed by atoms with Crippen molar-refractivity contribution < 1.29 is 4.74 Å². The number of nitrogens with one attached hydrogen (secondary N) is 1. The molecule has 0 saturated carbocycles. The van der Waals surface area contributed by atoms with E-state index in [4.69, 9.17) is 15.9 Å². The van der Waals surface area contributed by atoms with Gasteiger partial charge < -0.3 is 10.5 Å². The molecule has 0 heterocycles. The number of nitrogens with two attached hydrogens (primary N) is 1. The number of benzene rings is 1. The maximum absolute atomic E-state index is 7.29. The fourth-order valence-corrected chi connectivity index (χ4v) is 2.05. The van der Waals surface area contributed by atoms with Crippen LogP contribution in [-0.2, 0) is 12.8 Å². The smallest absolute Gasteiger partial charge is 0.152 e. The molecule has 3 nitrogen and oxygen atoms in total. The van der Waals surface area contributed by atoms with Crippen LogP contribution in [0.1, 0.15) is 30.9 Å². The molecule has 86 valence electrons. The van der Waals surface area contributed by atoms with Crippen molar-refractivity contribution in [2.24, 2.45) is 5.73 Å². The minimum absolute atomic E-state index is 0.0673. The van der Waals surface area contributed by atoms with E-state index >= 15 is 0 Å². The number of hydrogen-bond acceptors (Lipinski definition) is 2. The first-order valence-corrected chi connectivity index (χ1v) is 5.79. The van der Waals surface area contributed by atoms with E-state index in [2.05, 4.69) is 12.1 Å². The van der Waals surface area contributed by atoms with Crippen LogP contribution < -0.4 is 10.5 Å². The van der Waals surface area contributed by atoms with Gasteiger partial charge in [0.05, 0.1) is 0 Å². The Morgan fingerprint density at radius 3 is 2.69 bits per heavy atom. The van der Waals surface area contributed by atoms with Gasteiger partial charge in [-0.25, -0.2) is 0 Å². The number of ether oxygens (including phenoxy) is 1. The lowest BCUT2D eigenvalue weighted by atomic mass is 9.92. The zero-order valence-electron chi connectivity index (χ0n) is 9.62. The van der Waals surface area contributed by atoms with E-state index in [0.29, 0.717) is 0 Å². The first-order chi connectivity index (χ1) is 7.66. The molecule has 16 heavy (non-hydrogen) atoms. The van der Waals surface area contributed by atoms with E-state index in [0.717, 1.165) is 12.2 Å². The summed E-state index contributed by atoms with van der Waals surface area (Å²) in [7, 11) is 0. The molecule has 1 aromatic carbocycles. The van der Waals surface area contributed by atoms with E-state index in [1.165, 1.54) is 30.4 Å². The first-order valence-electron chi connectivity index (χ1n) is 5.79. The van der Waals surface area contributed by atoms with Crippen LogP contribution >= 0.6 is 0 Å². The molecule has 2 rings (SSSR count). The van der Waals surface area contributed by atoms with E-state index < -0.39 is 0 Å². The highest BCUT2D eigenvalue weighted by Gasteiger charge is 2.12. The molecule has 3 N–H and O–H groups in total. The molecule has 1 aromatic rings. The van der Waals surface area contributed by atoms with Gasteiger partial charge in [0, 0.05) is 0 Å². The molecule has 0 aromatic heterocycles. The third-order valence-electron chi connectivity index (χ3n) is 3.07. The van der Waals surface area contributed by atoms with Gasteiger partial charge in [-0.2, -0.15) is 0 Å². The highest BCUT2D eigenvalue weighted by Crippen LogP contribution is 2.25. The molecule has 0 radical (unpaired) electrons. The highest BCUT2D eigenvalue weighted by atomic mass is 16.5. The Balaban J connectivity index is 2.14. The van der Waals surface area contributed by atoms with Crippen molar-refractivity contribution in [3.8, 4) is 5.75 Å². The molecule has 0 amide bonds. The lowest BCUT2D eigenvalue weighted by Crippen LogP contribution is -2.30. The molecule has 0 fully saturated rings. The monoisotopic (exact) mass is 218 g/mol. The van der Waals surface area contributed by atoms with E-state index in [1.807, 2.05) is 6.07 Å². The van der Waals surface area contributed by atoms with Crippen molar-refractivity contribution >= 4 is 5.84 Å². The average molecular weight is 218 g/mol. The van der Waals surface area contributed by atoms with Gasteiger partial charge in [-0.1, -0.05) is 6.07 Å². The zero-order chi connectivity index (χ0) is 11.5. The van der Waals surface area contributed by atoms with Crippen molar-refractivity contribution in [2.45, 2.75) is 38.7 Å². The summed E-state index contributed by atoms with van der Waals surface area (Å²) >= 11 is 0. The van der Waals surface area contributed by atoms with Crippen LogP contribution in [0, 0.1) is 5.41 Å². The van der Waals surface area contributed by atoms with Gasteiger partial charge in [-0.3, -0.25) is 5.41 Å². The van der Waals surface area contributed by atoms with Crippen molar-refractivity contribution in [3.05, 3.63) is 29.3 Å². The summed E-state index contributed by atoms with van der Waals surface area (Å²) < 4.78 is 5.59. The Labute approximate surface area is 96.1 Å². The Bertz CT molecular complexity index is 401. The summed E-state index contributed by atoms with van der Waals surface area (Å²) in [5, 5.41) is 7.29. The predicted octanol–water partition coefficient (Wildman–Crippen LogP) is 2.27. The Morgan fingerprint density at radius 1 is 1.31 bits per heavy atom. The van der Waals surface area contributed by atoms with Crippen molar-refractivity contribution in [3.63, 3.8) is 0 Å². The Hall–Kier alpha value is -1.51. The maximum atomic E-state index is 7.29. The first kappa shape index (κ1) is 11.0. The second kappa shape index (κ2) is 4.56. The van der Waals surface area contributed by atoms with Gasteiger partial charge in [0.2, 0.25) is 0 Å². The fraction of sp³-hybridized carbons (Fsp3) is 0.462. The third kappa shape index (κ3) is 2.35. The van der Waals surface area contributed by atoms with Gasteiger partial charge >= 0.3 is 0 Å². The van der Waals surface area contributed by atoms with Crippen LogP contribution in [0.25, 0.3) is 0 Å². The number of hydrogen-bond donors (Lipinski definition) is 2. The lowest BCUT2D eigenvalue weighted by Gasteiger charge is -2.18. The zero-order valence-corrected chi connectivity index (χ0v) is 9.62. The lowest BCUT2D eigenvalue weighted by molar-refractivity contribution is 0.284. The van der Waals surface area contributed by atoms with Crippen LogP contribution in [0.2, 0.25) is 0 Å². The van der Waals surface area contributed by atoms with Gasteiger partial charge in [0.15, 0.2) is 6.10 Å². The molecule has 1 aliphatic rings. The average Bonchev–Trinajstić information content (AvgIpc) is 2.28. The molecule has 0 bridgehead atoms. The van der Waals surface area contributed by atoms with Crippen molar-refractivity contribution in [2.75, 3.05) is 0 Å². The summed E-state index contributed by atoms with van der Waals surface area (Å²) in [6.45, 7) is 1.79. The van der Waals surface area contributed by atoms with Crippen molar-refractivity contribution in [1.82, 2.24) is 0 Å². The minimum Gasteiger partial charge on any atom is -0.483 e. The Kier molecular flexibility index (Phi) is 3.13. The molecule has 0 saturated heterocycles. The van der Waals surface area contributed by atoms with Gasteiger partial charge in [0.1, 0.15) is 11.6 Å². The molecule has 1 unspecified atom stereocenters. The molecule has 3 heteroatoms. The van der Waals surface area contributed by atoms with Gasteiger partial charge in [-0.05, 0) is 55.9 Å². The summed E-state index contributed by atoms with van der Waals surface area (Å²) in [5.74, 6) is 0.890. The molecule has 0 aliphatic heterocycles. The number of aryl methyl sites for hydroxylation is 2. The molecule has 1 atom stereocenters. The van der Waals surface area contributed by atoms with Crippen LogP contribution in [0.15, 0.2) is 18.2 Å². The third-order valence-corrected chi connectivity index (χ3v) is 3.07. The molecular formula is C13H18N2O. The maximum Gasteiger partial charge on any atom is 0.152 e. The summed E-state index contributed by atoms with van der Waals surface area (Å²) in [6, 6.07) is 6.20. The summed E-state index contributed by atoms with van der Waals surface area (Å²) in [4.78, 5) is 0. The second-order valence-corrected chi connectivity index (χ2v) is 4.35. The fourth-order valence-electron chi connectivity index (χ4n) is 2.05. The van der Waals surface area contributed by atoms with E-state index in [9.17, 15) is 0 Å². The van der Waals surface area contributed by atoms with E-state index in [-0.39, 0.29) is 11.9 Å². The predicted molar refractivity (Wildman–Crippen MR) is 65.1 cm³/mol. The molecule has 1 aliphatic carbocycles. The quantitative estimate of drug-likeness (QED) is 0.604. The number of rotatable bonds is 3. The second-order valence-electron chi connectivity index (χ2n) is 4.35.